The summed E-state index contributed by atoms with van der Waals surface area (Å²) in [5.74, 6) is 0. The van der Waals surface area contributed by atoms with Gasteiger partial charge in [0, 0.05) is 11.0 Å². The lowest BCUT2D eigenvalue weighted by Crippen LogP contribution is -2.23. The van der Waals surface area contributed by atoms with Crippen molar-refractivity contribution in [2.24, 2.45) is 0 Å². The topological polar surface area (TPSA) is 66.4 Å². The predicted octanol–water partition coefficient (Wildman–Crippen LogP) is 2.48. The molecule has 0 fully saturated rings. The number of rotatable bonds is 5. The van der Waals surface area contributed by atoms with Crippen molar-refractivity contribution in [1.82, 2.24) is 4.72 Å². The molecule has 0 atom stereocenters. The molecule has 0 spiro atoms. The summed E-state index contributed by atoms with van der Waals surface area (Å²) in [6, 6.07) is 6.53. The molecule has 0 aliphatic heterocycles. The van der Waals surface area contributed by atoms with Crippen molar-refractivity contribution in [2.45, 2.75) is 18.0 Å². The minimum Gasteiger partial charge on any atom is -0.392 e. The molecule has 2 aromatic rings. The molecule has 1 aromatic carbocycles. The SMILES string of the molecule is O=S(=O)(NCc1ccsc1)c1ccc(CO)cc1Br. The van der Waals surface area contributed by atoms with Gasteiger partial charge in [0.05, 0.1) is 11.5 Å². The zero-order valence-electron chi connectivity index (χ0n) is 9.84. The molecule has 4 nitrogen and oxygen atoms in total. The number of hydrogen-bond donors (Lipinski definition) is 2. The lowest BCUT2D eigenvalue weighted by atomic mass is 10.2. The molecule has 7 heteroatoms. The van der Waals surface area contributed by atoms with Crippen molar-refractivity contribution >= 4 is 37.3 Å². The normalized spacial score (nSPS) is 11.7. The maximum atomic E-state index is 12.1. The van der Waals surface area contributed by atoms with E-state index in [0.29, 0.717) is 10.0 Å². The number of halogens is 1. The molecule has 0 amide bonds. The number of nitrogens with one attached hydrogen (secondary N) is 1. The van der Waals surface area contributed by atoms with E-state index in [2.05, 4.69) is 20.7 Å². The van der Waals surface area contributed by atoms with Crippen molar-refractivity contribution in [3.05, 3.63) is 50.6 Å². The highest BCUT2D eigenvalue weighted by molar-refractivity contribution is 9.10. The maximum absolute atomic E-state index is 12.1. The van der Waals surface area contributed by atoms with E-state index in [1.165, 1.54) is 17.4 Å². The Morgan fingerprint density at radius 1 is 1.26 bits per heavy atom. The highest BCUT2D eigenvalue weighted by atomic mass is 79.9. The largest absolute Gasteiger partial charge is 0.392 e. The third kappa shape index (κ3) is 3.64. The molecular formula is C12H12BrNO3S2. The average molecular weight is 362 g/mol. The van der Waals surface area contributed by atoms with Gasteiger partial charge in [0.1, 0.15) is 0 Å². The van der Waals surface area contributed by atoms with E-state index in [1.54, 1.807) is 12.1 Å². The molecule has 2 rings (SSSR count). The van der Waals surface area contributed by atoms with Crippen LogP contribution in [-0.4, -0.2) is 13.5 Å². The second kappa shape index (κ2) is 6.15. The summed E-state index contributed by atoms with van der Waals surface area (Å²) in [7, 11) is -3.57. The molecule has 0 unspecified atom stereocenters. The third-order valence-electron chi connectivity index (χ3n) is 2.51. The van der Waals surface area contributed by atoms with Crippen molar-refractivity contribution in [1.29, 1.82) is 0 Å². The van der Waals surface area contributed by atoms with E-state index < -0.39 is 10.0 Å². The van der Waals surface area contributed by atoms with E-state index in [-0.39, 0.29) is 18.0 Å². The maximum Gasteiger partial charge on any atom is 0.241 e. The highest BCUT2D eigenvalue weighted by Crippen LogP contribution is 2.23. The van der Waals surface area contributed by atoms with Crippen LogP contribution in [0.5, 0.6) is 0 Å². The number of benzene rings is 1. The lowest BCUT2D eigenvalue weighted by Gasteiger charge is -2.08. The molecule has 2 N–H and O–H groups in total. The second-order valence-electron chi connectivity index (χ2n) is 3.88. The number of sulfonamides is 1. The summed E-state index contributed by atoms with van der Waals surface area (Å²) in [6.07, 6.45) is 0. The molecule has 0 saturated heterocycles. The van der Waals surface area contributed by atoms with Crippen LogP contribution in [0.2, 0.25) is 0 Å². The van der Waals surface area contributed by atoms with Gasteiger partial charge in [-0.05, 0) is 56.0 Å². The van der Waals surface area contributed by atoms with E-state index in [1.807, 2.05) is 16.8 Å². The summed E-state index contributed by atoms with van der Waals surface area (Å²) in [6.45, 7) is 0.140. The van der Waals surface area contributed by atoms with Gasteiger partial charge < -0.3 is 5.11 Å². The summed E-state index contributed by atoms with van der Waals surface area (Å²) in [5, 5.41) is 12.8. The van der Waals surface area contributed by atoms with Gasteiger partial charge in [-0.1, -0.05) is 6.07 Å². The molecule has 19 heavy (non-hydrogen) atoms. The molecule has 0 aliphatic rings. The van der Waals surface area contributed by atoms with E-state index >= 15 is 0 Å². The van der Waals surface area contributed by atoms with Gasteiger partial charge >= 0.3 is 0 Å². The highest BCUT2D eigenvalue weighted by Gasteiger charge is 2.17. The number of thiophene rings is 1. The lowest BCUT2D eigenvalue weighted by molar-refractivity contribution is 0.281. The minimum absolute atomic E-state index is 0.124. The van der Waals surface area contributed by atoms with Crippen LogP contribution < -0.4 is 4.72 Å². The Morgan fingerprint density at radius 2 is 2.05 bits per heavy atom. The van der Waals surface area contributed by atoms with Gasteiger partial charge in [-0.2, -0.15) is 11.3 Å². The minimum atomic E-state index is -3.57. The zero-order valence-corrected chi connectivity index (χ0v) is 13.1. The average Bonchev–Trinajstić information content (AvgIpc) is 2.89. The number of aliphatic hydroxyl groups is 1. The summed E-state index contributed by atoms with van der Waals surface area (Å²) >= 11 is 4.74. The first-order valence-corrected chi connectivity index (χ1v) is 8.65. The van der Waals surface area contributed by atoms with Crippen LogP contribution in [0.15, 0.2) is 44.4 Å². The molecular weight excluding hydrogens is 350 g/mol. The van der Waals surface area contributed by atoms with Crippen LogP contribution in [-0.2, 0) is 23.2 Å². The molecule has 1 heterocycles. The Kier molecular flexibility index (Phi) is 4.75. The number of hydrogen-bond acceptors (Lipinski definition) is 4. The van der Waals surface area contributed by atoms with Gasteiger partial charge in [0.25, 0.3) is 0 Å². The van der Waals surface area contributed by atoms with Crippen molar-refractivity contribution in [3.8, 4) is 0 Å². The Morgan fingerprint density at radius 3 is 2.63 bits per heavy atom. The van der Waals surface area contributed by atoms with Gasteiger partial charge in [0.15, 0.2) is 0 Å². The van der Waals surface area contributed by atoms with Crippen LogP contribution in [0.4, 0.5) is 0 Å². The zero-order chi connectivity index (χ0) is 13.9. The first kappa shape index (κ1) is 14.7. The molecule has 0 bridgehead atoms. The smallest absolute Gasteiger partial charge is 0.241 e. The van der Waals surface area contributed by atoms with Crippen LogP contribution in [0.1, 0.15) is 11.1 Å². The van der Waals surface area contributed by atoms with Crippen molar-refractivity contribution in [2.75, 3.05) is 0 Å². The fraction of sp³-hybridized carbons (Fsp3) is 0.167. The second-order valence-corrected chi connectivity index (χ2v) is 7.25. The van der Waals surface area contributed by atoms with Gasteiger partial charge in [-0.3, -0.25) is 0 Å². The first-order valence-electron chi connectivity index (χ1n) is 5.43. The standard InChI is InChI=1S/C12H12BrNO3S2/c13-11-5-9(7-15)1-2-12(11)19(16,17)14-6-10-3-4-18-8-10/h1-5,8,14-15H,6-7H2. The first-order chi connectivity index (χ1) is 9.03. The Balaban J connectivity index is 2.19. The molecule has 0 radical (unpaired) electrons. The van der Waals surface area contributed by atoms with Crippen LogP contribution in [0, 0.1) is 0 Å². The molecule has 1 aromatic heterocycles. The molecule has 0 saturated carbocycles. The molecule has 102 valence electrons. The quantitative estimate of drug-likeness (QED) is 0.859. The Labute approximate surface area is 124 Å². The van der Waals surface area contributed by atoms with Crippen molar-refractivity contribution < 1.29 is 13.5 Å². The fourth-order valence-electron chi connectivity index (χ4n) is 1.51. The van der Waals surface area contributed by atoms with Crippen LogP contribution >= 0.6 is 27.3 Å². The number of aliphatic hydroxyl groups excluding tert-OH is 1. The van der Waals surface area contributed by atoms with Crippen molar-refractivity contribution in [3.63, 3.8) is 0 Å². The molecule has 0 aliphatic carbocycles. The third-order valence-corrected chi connectivity index (χ3v) is 5.62. The van der Waals surface area contributed by atoms with Crippen LogP contribution in [0.3, 0.4) is 0 Å². The predicted molar refractivity (Wildman–Crippen MR) is 78.4 cm³/mol. The van der Waals surface area contributed by atoms with E-state index in [4.69, 9.17) is 5.11 Å². The van der Waals surface area contributed by atoms with Gasteiger partial charge in [0.2, 0.25) is 10.0 Å². The Hall–Kier alpha value is -0.730. The van der Waals surface area contributed by atoms with E-state index in [0.717, 1.165) is 5.56 Å². The fourth-order valence-corrected chi connectivity index (χ4v) is 4.32. The van der Waals surface area contributed by atoms with Gasteiger partial charge in [-0.15, -0.1) is 0 Å². The van der Waals surface area contributed by atoms with Crippen LogP contribution in [0.25, 0.3) is 0 Å². The summed E-state index contributed by atoms with van der Waals surface area (Å²) in [4.78, 5) is 0.167. The van der Waals surface area contributed by atoms with Gasteiger partial charge in [-0.25, -0.2) is 13.1 Å². The van der Waals surface area contributed by atoms with E-state index in [9.17, 15) is 8.42 Å². The summed E-state index contributed by atoms with van der Waals surface area (Å²) < 4.78 is 27.3. The Bertz CT molecular complexity index is 654. The monoisotopic (exact) mass is 361 g/mol. The summed E-state index contributed by atoms with van der Waals surface area (Å²) in [5.41, 5.74) is 1.58.